The van der Waals surface area contributed by atoms with Crippen LogP contribution in [0, 0.1) is 0 Å². The SMILES string of the molecule is CN1C(=O)C(CCCCNC(=O)c2ccc(NN=Cc3ccccc3S(=O)(=O)O)nc2)NC(=O)Cc2csc(n2)NC(=O)[C@H](CC(=O)O)NC(=O)CNC(=O)[C@@H]1CCCN=C(N)N. The highest BCUT2D eigenvalue weighted by Crippen LogP contribution is 2.18. The summed E-state index contributed by atoms with van der Waals surface area (Å²) in [4.78, 5) is 104. The first-order valence-corrected chi connectivity index (χ1v) is 21.5. The molecule has 1 aromatic carbocycles. The molecule has 0 saturated heterocycles. The summed E-state index contributed by atoms with van der Waals surface area (Å²) in [6.45, 7) is -0.407. The Labute approximate surface area is 364 Å². The molecule has 3 aromatic rings. The number of carbonyl (C=O) groups excluding carboxylic acids is 6. The van der Waals surface area contributed by atoms with Crippen LogP contribution in [0.25, 0.3) is 0 Å². The van der Waals surface area contributed by atoms with Crippen molar-refractivity contribution in [3.63, 3.8) is 0 Å². The smallest absolute Gasteiger partial charge is 0.305 e. The van der Waals surface area contributed by atoms with Crippen molar-refractivity contribution in [1.82, 2.24) is 36.1 Å². The van der Waals surface area contributed by atoms with Gasteiger partial charge < -0.3 is 48.1 Å². The standard InChI is InChI=1S/C37H47N13O11S2/c1-50-26(9-6-14-41-36(38)39)34(57)43-19-30(52)47-25(16-31(53)54)33(56)48-37-45-23(20-62-37)15-29(51)46-24(35(50)58)8-4-5-13-40-32(55)22-11-12-28(42-17-22)49-44-18-21-7-2-3-10-27(21)63(59,60)61/h2-3,7,10-12,17-18,20,24-26H,4-6,8-9,13-16,19H2,1H3,(H,40,55)(H,42,49)(H,43,57)(H,46,51)(H,47,52)(H,53,54)(H4,38,39,41)(H,45,48,56)(H,59,60,61)/t24?,25-,26-/m0/s1. The number of likely N-dealkylation sites (N-methyl/N-ethyl adjacent to an activating group) is 1. The van der Waals surface area contributed by atoms with E-state index in [9.17, 15) is 51.6 Å². The topological polar surface area (TPSA) is 372 Å². The summed E-state index contributed by atoms with van der Waals surface area (Å²) in [6, 6.07) is 4.73. The number of unbranched alkanes of at least 4 members (excludes halogenated alkanes) is 1. The van der Waals surface area contributed by atoms with E-state index in [2.05, 4.69) is 52.1 Å². The molecule has 2 bridgehead atoms. The number of benzene rings is 1. The van der Waals surface area contributed by atoms with E-state index in [0.717, 1.165) is 16.2 Å². The molecule has 4 rings (SSSR count). The van der Waals surface area contributed by atoms with E-state index in [1.165, 1.54) is 55.2 Å². The van der Waals surface area contributed by atoms with Crippen LogP contribution in [0.15, 0.2) is 63.0 Å². The number of hydrogen-bond acceptors (Lipinski definition) is 15. The number of rotatable bonds is 16. The third-order valence-corrected chi connectivity index (χ3v) is 10.8. The number of carboxylic acids is 1. The van der Waals surface area contributed by atoms with Gasteiger partial charge in [0.1, 0.15) is 28.8 Å². The second-order valence-electron chi connectivity index (χ2n) is 13.8. The molecule has 12 N–H and O–H groups in total. The molecule has 0 spiro atoms. The van der Waals surface area contributed by atoms with Gasteiger partial charge in [-0.3, -0.25) is 48.5 Å². The molecule has 0 radical (unpaired) electrons. The first kappa shape index (κ1) is 48.6. The number of pyridine rings is 1. The number of amides is 6. The number of hydrogen-bond donors (Lipinski definition) is 10. The second-order valence-corrected chi connectivity index (χ2v) is 16.1. The summed E-state index contributed by atoms with van der Waals surface area (Å²) in [6.07, 6.45) is 2.38. The number of fused-ring (bicyclic) bond motifs is 2. The summed E-state index contributed by atoms with van der Waals surface area (Å²) < 4.78 is 32.6. The molecule has 6 amide bonds. The number of carbonyl (C=O) groups is 7. The summed E-state index contributed by atoms with van der Waals surface area (Å²) in [5, 5.41) is 27.4. The van der Waals surface area contributed by atoms with Crippen LogP contribution >= 0.6 is 11.3 Å². The zero-order chi connectivity index (χ0) is 46.1. The first-order valence-electron chi connectivity index (χ1n) is 19.2. The predicted molar refractivity (Wildman–Crippen MR) is 228 cm³/mol. The lowest BCUT2D eigenvalue weighted by atomic mass is 10.0. The Morgan fingerprint density at radius 3 is 2.44 bits per heavy atom. The third kappa shape index (κ3) is 15.7. The Balaban J connectivity index is 1.42. The minimum absolute atomic E-state index is 0.0233. The molecule has 3 heterocycles. The van der Waals surface area contributed by atoms with E-state index in [0.29, 0.717) is 12.8 Å². The van der Waals surface area contributed by atoms with Crippen LogP contribution in [0.3, 0.4) is 0 Å². The quantitative estimate of drug-likeness (QED) is 0.0264. The zero-order valence-electron chi connectivity index (χ0n) is 33.8. The second kappa shape index (κ2) is 23.2. The molecule has 338 valence electrons. The molecule has 24 nitrogen and oxygen atoms in total. The lowest BCUT2D eigenvalue weighted by Gasteiger charge is -2.31. The van der Waals surface area contributed by atoms with E-state index >= 15 is 0 Å². The first-order chi connectivity index (χ1) is 29.9. The lowest BCUT2D eigenvalue weighted by Crippen LogP contribution is -2.55. The minimum Gasteiger partial charge on any atom is -0.481 e. The maximum atomic E-state index is 14.1. The number of hydrazone groups is 1. The number of aliphatic carboxylic acids is 1. The van der Waals surface area contributed by atoms with Gasteiger partial charge in [-0.1, -0.05) is 18.2 Å². The molecule has 2 aromatic heterocycles. The summed E-state index contributed by atoms with van der Waals surface area (Å²) in [5.74, 6) is -5.58. The van der Waals surface area contributed by atoms with Crippen LogP contribution < -0.4 is 43.5 Å². The Kier molecular flexibility index (Phi) is 17.9. The Bertz CT molecular complexity index is 2320. The van der Waals surface area contributed by atoms with Crippen LogP contribution in [0.4, 0.5) is 10.9 Å². The predicted octanol–water partition coefficient (Wildman–Crippen LogP) is -1.23. The van der Waals surface area contributed by atoms with Gasteiger partial charge >= 0.3 is 5.97 Å². The maximum Gasteiger partial charge on any atom is 0.305 e. The molecular formula is C37H47N13O11S2. The molecule has 0 aliphatic carbocycles. The molecule has 26 heteroatoms. The number of thiazole rings is 1. The number of nitrogens with one attached hydrogen (secondary N) is 6. The van der Waals surface area contributed by atoms with Crippen LogP contribution in [-0.4, -0.2) is 131 Å². The van der Waals surface area contributed by atoms with Gasteiger partial charge in [-0.2, -0.15) is 13.5 Å². The van der Waals surface area contributed by atoms with E-state index < -0.39 is 82.6 Å². The Hall–Kier alpha value is -7.06. The van der Waals surface area contributed by atoms with E-state index in [-0.39, 0.29) is 77.4 Å². The number of aromatic nitrogens is 2. The summed E-state index contributed by atoms with van der Waals surface area (Å²) in [5.41, 5.74) is 14.0. The molecule has 0 fully saturated rings. The van der Waals surface area contributed by atoms with Gasteiger partial charge in [0.05, 0.1) is 36.9 Å². The maximum absolute atomic E-state index is 14.1. The van der Waals surface area contributed by atoms with Gasteiger partial charge in [-0.25, -0.2) is 9.97 Å². The molecule has 3 atom stereocenters. The molecule has 1 aliphatic rings. The van der Waals surface area contributed by atoms with Gasteiger partial charge in [-0.15, -0.1) is 11.3 Å². The summed E-state index contributed by atoms with van der Waals surface area (Å²) in [7, 11) is -3.12. The van der Waals surface area contributed by atoms with E-state index in [1.807, 2.05) is 0 Å². The van der Waals surface area contributed by atoms with E-state index in [4.69, 9.17) is 11.5 Å². The van der Waals surface area contributed by atoms with Crippen molar-refractivity contribution in [2.45, 2.75) is 68.0 Å². The van der Waals surface area contributed by atoms with Gasteiger partial charge in [0.15, 0.2) is 11.1 Å². The minimum atomic E-state index is -4.47. The third-order valence-electron chi connectivity index (χ3n) is 9.07. The average molecular weight is 914 g/mol. The van der Waals surface area contributed by atoms with Crippen molar-refractivity contribution in [1.29, 1.82) is 0 Å². The zero-order valence-corrected chi connectivity index (χ0v) is 35.4. The number of aliphatic imine (C=N–C) groups is 1. The highest BCUT2D eigenvalue weighted by Gasteiger charge is 2.33. The van der Waals surface area contributed by atoms with Crippen molar-refractivity contribution >= 4 is 86.0 Å². The fourth-order valence-electron chi connectivity index (χ4n) is 5.97. The highest BCUT2D eigenvalue weighted by atomic mass is 32.2. The molecule has 63 heavy (non-hydrogen) atoms. The molecule has 1 aliphatic heterocycles. The van der Waals surface area contributed by atoms with Gasteiger partial charge in [0.25, 0.3) is 16.0 Å². The van der Waals surface area contributed by atoms with Gasteiger partial charge in [0.2, 0.25) is 29.5 Å². The normalized spacial score (nSPS) is 18.0. The van der Waals surface area contributed by atoms with Crippen LogP contribution in [0.5, 0.6) is 0 Å². The monoisotopic (exact) mass is 913 g/mol. The fraction of sp³-hybridized carbons (Fsp3) is 0.378. The van der Waals surface area contributed by atoms with Crippen LogP contribution in [0.1, 0.15) is 60.1 Å². The van der Waals surface area contributed by atoms with E-state index in [1.54, 1.807) is 6.07 Å². The number of carboxylic acid groups (broad SMARTS) is 1. The van der Waals surface area contributed by atoms with Crippen molar-refractivity contribution in [3.05, 3.63) is 64.8 Å². The molecular weight excluding hydrogens is 867 g/mol. The van der Waals surface area contributed by atoms with Crippen LogP contribution in [-0.2, 0) is 45.3 Å². The van der Waals surface area contributed by atoms with Crippen molar-refractivity contribution in [3.8, 4) is 0 Å². The number of anilines is 2. The number of nitrogens with two attached hydrogens (primary N) is 2. The fourth-order valence-corrected chi connectivity index (χ4v) is 7.36. The summed E-state index contributed by atoms with van der Waals surface area (Å²) >= 11 is 0.950. The number of guanidine groups is 1. The number of nitrogens with zero attached hydrogens (tertiary/aromatic N) is 5. The van der Waals surface area contributed by atoms with Crippen molar-refractivity contribution < 1.29 is 51.6 Å². The van der Waals surface area contributed by atoms with Crippen molar-refractivity contribution in [2.24, 2.45) is 21.6 Å². The Morgan fingerprint density at radius 1 is 1.00 bits per heavy atom. The Morgan fingerprint density at radius 2 is 1.75 bits per heavy atom. The van der Waals surface area contributed by atoms with Crippen LogP contribution in [0.2, 0.25) is 0 Å². The average Bonchev–Trinajstić information content (AvgIpc) is 3.66. The largest absolute Gasteiger partial charge is 0.481 e. The highest BCUT2D eigenvalue weighted by molar-refractivity contribution is 7.86. The van der Waals surface area contributed by atoms with Crippen molar-refractivity contribution in [2.75, 3.05) is 37.4 Å². The van der Waals surface area contributed by atoms with Gasteiger partial charge in [0, 0.05) is 37.3 Å². The van der Waals surface area contributed by atoms with Gasteiger partial charge in [-0.05, 0) is 50.3 Å². The molecule has 1 unspecified atom stereocenters. The lowest BCUT2D eigenvalue weighted by molar-refractivity contribution is -0.142. The molecule has 0 saturated carbocycles.